The topological polar surface area (TPSA) is 178 Å². The lowest BCUT2D eigenvalue weighted by molar-refractivity contribution is -0.136. The lowest BCUT2D eigenvalue weighted by Gasteiger charge is -2.21. The van der Waals surface area contributed by atoms with Crippen LogP contribution in [0.5, 0.6) is 0 Å². The van der Waals surface area contributed by atoms with Crippen LogP contribution in [0.15, 0.2) is 52.3 Å². The van der Waals surface area contributed by atoms with Crippen molar-refractivity contribution in [2.24, 2.45) is 4.99 Å². The van der Waals surface area contributed by atoms with Gasteiger partial charge in [-0.05, 0) is 69.9 Å². The number of piperidine rings is 1. The molecule has 5 aromatic rings. The molecule has 2 aromatic carbocycles. The summed E-state index contributed by atoms with van der Waals surface area (Å²) in [6, 6.07) is 11.6. The van der Waals surface area contributed by atoms with E-state index in [1.165, 1.54) is 4.88 Å². The molecule has 2 aliphatic heterocycles. The van der Waals surface area contributed by atoms with Crippen molar-refractivity contribution in [2.75, 3.05) is 18.4 Å². The quantitative estimate of drug-likeness (QED) is 0.0922. The molecule has 3 amide bonds. The van der Waals surface area contributed by atoms with Gasteiger partial charge >= 0.3 is 0 Å². The fourth-order valence-corrected chi connectivity index (χ4v) is 8.49. The second kappa shape index (κ2) is 16.6. The molecule has 2 atom stereocenters. The highest BCUT2D eigenvalue weighted by molar-refractivity contribution is 7.15. The molecule has 2 unspecified atom stereocenters. The Balaban J connectivity index is 0.879. The summed E-state index contributed by atoms with van der Waals surface area (Å²) in [6.07, 6.45) is 6.35. The number of aliphatic imine (C=N–C) groups is 1. The molecule has 0 spiro atoms. The molecule has 14 nitrogen and oxygen atoms in total. The molecular weight excluding hydrogens is 740 g/mol. The second-order valence-corrected chi connectivity index (χ2v) is 15.7. The number of hydrogen-bond donors (Lipinski definition) is 3. The smallest absolute Gasteiger partial charge is 0.280 e. The molecule has 286 valence electrons. The van der Waals surface area contributed by atoms with Crippen molar-refractivity contribution in [3.63, 3.8) is 0 Å². The van der Waals surface area contributed by atoms with E-state index in [2.05, 4.69) is 54.9 Å². The van der Waals surface area contributed by atoms with Crippen LogP contribution in [-0.2, 0) is 14.4 Å². The van der Waals surface area contributed by atoms with Gasteiger partial charge in [0.05, 0.1) is 17.5 Å². The third-order valence-electron chi connectivity index (χ3n) is 10.2. The predicted octanol–water partition coefficient (Wildman–Crippen LogP) is 5.84. The molecule has 55 heavy (non-hydrogen) atoms. The number of aromatic nitrogens is 6. The Bertz CT molecular complexity index is 2350. The van der Waals surface area contributed by atoms with Gasteiger partial charge < -0.3 is 10.6 Å². The van der Waals surface area contributed by atoms with Crippen molar-refractivity contribution >= 4 is 63.0 Å². The molecule has 3 aromatic heterocycles. The van der Waals surface area contributed by atoms with Gasteiger partial charge in [0.15, 0.2) is 5.82 Å². The summed E-state index contributed by atoms with van der Waals surface area (Å²) in [4.78, 5) is 57.0. The Morgan fingerprint density at radius 2 is 1.69 bits per heavy atom. The molecule has 5 heterocycles. The van der Waals surface area contributed by atoms with Gasteiger partial charge in [-0.25, -0.2) is 0 Å². The third kappa shape index (κ3) is 8.08. The number of amides is 3. The minimum Gasteiger partial charge on any atom is -0.384 e. The van der Waals surface area contributed by atoms with Crippen molar-refractivity contribution in [3.05, 3.63) is 91.1 Å². The number of imide groups is 1. The van der Waals surface area contributed by atoms with E-state index in [-0.39, 0.29) is 31.1 Å². The number of halogens is 1. The summed E-state index contributed by atoms with van der Waals surface area (Å²) in [5.41, 5.74) is 4.60. The van der Waals surface area contributed by atoms with Crippen LogP contribution in [0.25, 0.3) is 15.9 Å². The van der Waals surface area contributed by atoms with Crippen molar-refractivity contribution in [1.82, 2.24) is 40.4 Å². The maximum Gasteiger partial charge on any atom is 0.280 e. The lowest BCUT2D eigenvalue weighted by atomic mass is 9.99. The van der Waals surface area contributed by atoms with E-state index in [9.17, 15) is 19.2 Å². The monoisotopic (exact) mass is 782 g/mol. The number of thiophene rings is 1. The summed E-state index contributed by atoms with van der Waals surface area (Å²) in [7, 11) is 0. The van der Waals surface area contributed by atoms with E-state index in [1.54, 1.807) is 17.4 Å². The largest absolute Gasteiger partial charge is 0.384 e. The number of nitrogens with zero attached hydrogens (tertiary/aromatic N) is 7. The highest BCUT2D eigenvalue weighted by atomic mass is 35.5. The van der Waals surface area contributed by atoms with Crippen molar-refractivity contribution in [3.8, 4) is 5.00 Å². The van der Waals surface area contributed by atoms with Gasteiger partial charge in [-0.1, -0.05) is 60.7 Å². The summed E-state index contributed by atoms with van der Waals surface area (Å²) in [5, 5.41) is 27.8. The number of hydrogen-bond acceptors (Lipinski definition) is 11. The molecule has 0 aliphatic carbocycles. The zero-order chi connectivity index (χ0) is 38.6. The van der Waals surface area contributed by atoms with E-state index in [4.69, 9.17) is 16.6 Å². The number of nitrogens with one attached hydrogen (secondary N) is 3. The van der Waals surface area contributed by atoms with E-state index in [1.807, 2.05) is 43.3 Å². The van der Waals surface area contributed by atoms with Gasteiger partial charge in [-0.15, -0.1) is 26.6 Å². The molecule has 0 radical (unpaired) electrons. The molecule has 0 saturated carbocycles. The fraction of sp³-hybridized carbons (Fsp3) is 0.410. The number of anilines is 1. The highest BCUT2D eigenvalue weighted by Crippen LogP contribution is 2.39. The Hall–Kier alpha value is -5.28. The van der Waals surface area contributed by atoms with Crippen LogP contribution in [-0.4, -0.2) is 66.3 Å². The standard InChI is InChI=1S/C39H43ClN10O4S/c1-22-23(2)55-39-33(22)35(25-13-15-26(40)16-14-25)43-29(36-47-45-24(3)49(36)39)21-32(52)42-20-9-7-5-4-6-8-19-41-27-11-10-12-28-34(27)38(54)50(48-46-28)30-17-18-31(51)44-37(30)53/h10-16,29-30,41H,4-9,17-21H2,1-3H3,(H,42,52)(H,44,51,53). The first-order chi connectivity index (χ1) is 26.6. The number of rotatable bonds is 14. The molecule has 7 rings (SSSR count). The first kappa shape index (κ1) is 38.0. The van der Waals surface area contributed by atoms with Gasteiger partial charge in [-0.3, -0.25) is 34.1 Å². The number of unbranched alkanes of at least 4 members (excludes halogenated alkanes) is 5. The maximum atomic E-state index is 13.4. The van der Waals surface area contributed by atoms with Crippen LogP contribution >= 0.6 is 22.9 Å². The van der Waals surface area contributed by atoms with Gasteiger partial charge in [0.1, 0.15) is 28.4 Å². The Labute approximate surface area is 326 Å². The van der Waals surface area contributed by atoms with Gasteiger partial charge in [0.25, 0.3) is 11.5 Å². The zero-order valence-electron chi connectivity index (χ0n) is 31.0. The Morgan fingerprint density at radius 3 is 2.45 bits per heavy atom. The van der Waals surface area contributed by atoms with Crippen molar-refractivity contribution < 1.29 is 14.4 Å². The lowest BCUT2D eigenvalue weighted by Crippen LogP contribution is -2.45. The van der Waals surface area contributed by atoms with Crippen LogP contribution in [0.3, 0.4) is 0 Å². The van der Waals surface area contributed by atoms with E-state index < -0.39 is 23.6 Å². The van der Waals surface area contributed by atoms with Gasteiger partial charge in [-0.2, -0.15) is 4.68 Å². The average Bonchev–Trinajstić information content (AvgIpc) is 3.64. The first-order valence-electron chi connectivity index (χ1n) is 18.7. The maximum absolute atomic E-state index is 13.4. The van der Waals surface area contributed by atoms with Crippen LogP contribution in [0.4, 0.5) is 5.69 Å². The number of carbonyl (C=O) groups is 3. The average molecular weight is 783 g/mol. The van der Waals surface area contributed by atoms with Crippen LogP contribution in [0.2, 0.25) is 5.02 Å². The number of aryl methyl sites for hydroxylation is 2. The third-order valence-corrected chi connectivity index (χ3v) is 11.6. The summed E-state index contributed by atoms with van der Waals surface area (Å²) < 4.78 is 3.13. The SMILES string of the molecule is Cc1sc2c(c1C)C(c1ccc(Cl)cc1)=NC(CC(=O)NCCCCCCCCNc1cccc3nnn(C4CCC(=O)NC4=O)c(=O)c13)c1nnc(C)n1-2. The van der Waals surface area contributed by atoms with Crippen LogP contribution < -0.4 is 21.5 Å². The Kier molecular flexibility index (Phi) is 11.5. The van der Waals surface area contributed by atoms with Crippen molar-refractivity contribution in [2.45, 2.75) is 90.6 Å². The second-order valence-electron chi connectivity index (χ2n) is 14.0. The molecule has 3 N–H and O–H groups in total. The van der Waals surface area contributed by atoms with E-state index in [0.29, 0.717) is 40.5 Å². The molecule has 2 aliphatic rings. The minimum atomic E-state index is -0.871. The zero-order valence-corrected chi connectivity index (χ0v) is 32.6. The molecular formula is C39H43ClN10O4S. The van der Waals surface area contributed by atoms with Crippen LogP contribution in [0, 0.1) is 20.8 Å². The number of benzene rings is 2. The minimum absolute atomic E-state index is 0.0797. The highest BCUT2D eigenvalue weighted by Gasteiger charge is 2.33. The van der Waals surface area contributed by atoms with Crippen LogP contribution in [0.1, 0.15) is 103 Å². The summed E-state index contributed by atoms with van der Waals surface area (Å²) in [5.74, 6) is 0.434. The fourth-order valence-electron chi connectivity index (χ4n) is 7.15. The van der Waals surface area contributed by atoms with Gasteiger partial charge in [0.2, 0.25) is 11.8 Å². The van der Waals surface area contributed by atoms with E-state index >= 15 is 0 Å². The molecule has 0 bridgehead atoms. The predicted molar refractivity (Wildman–Crippen MR) is 212 cm³/mol. The molecule has 1 fully saturated rings. The number of carbonyl (C=O) groups excluding carboxylic acids is 3. The summed E-state index contributed by atoms with van der Waals surface area (Å²) in [6.45, 7) is 7.39. The van der Waals surface area contributed by atoms with Gasteiger partial charge in [0, 0.05) is 46.2 Å². The van der Waals surface area contributed by atoms with E-state index in [0.717, 1.165) is 76.4 Å². The molecule has 16 heteroatoms. The normalized spacial score (nSPS) is 16.6. The Morgan fingerprint density at radius 1 is 0.945 bits per heavy atom. The first-order valence-corrected chi connectivity index (χ1v) is 19.9. The van der Waals surface area contributed by atoms with Crippen molar-refractivity contribution in [1.29, 1.82) is 0 Å². The molecule has 1 saturated heterocycles. The number of fused-ring (bicyclic) bond motifs is 4. The summed E-state index contributed by atoms with van der Waals surface area (Å²) >= 11 is 7.91.